The van der Waals surface area contributed by atoms with E-state index in [0.717, 1.165) is 70.6 Å². The summed E-state index contributed by atoms with van der Waals surface area (Å²) in [7, 11) is 1.68. The third-order valence-electron chi connectivity index (χ3n) is 10.1. The number of amides is 5. The number of carbonyl (C=O) groups is 4. The van der Waals surface area contributed by atoms with Gasteiger partial charge in [0.05, 0.1) is 17.8 Å². The highest BCUT2D eigenvalue weighted by Gasteiger charge is 2.54. The van der Waals surface area contributed by atoms with Gasteiger partial charge in [0, 0.05) is 80.1 Å². The molecule has 8 rings (SSSR count). The second-order valence-corrected chi connectivity index (χ2v) is 12.6. The molecule has 0 bridgehead atoms. The summed E-state index contributed by atoms with van der Waals surface area (Å²) >= 11 is 0. The molecule has 2 aromatic carbocycles. The molecule has 42 heavy (non-hydrogen) atoms. The normalized spacial score (nSPS) is 25.8. The van der Waals surface area contributed by atoms with Crippen LogP contribution in [0, 0.1) is 0 Å². The zero-order chi connectivity index (χ0) is 28.8. The molecule has 214 valence electrons. The van der Waals surface area contributed by atoms with E-state index in [9.17, 15) is 19.2 Å². The van der Waals surface area contributed by atoms with E-state index < -0.39 is 11.0 Å². The number of likely N-dealkylation sites (tertiary alicyclic amines) is 1. The molecule has 2 unspecified atom stereocenters. The van der Waals surface area contributed by atoms with Gasteiger partial charge in [-0.25, -0.2) is 4.79 Å². The number of nitrogens with zero attached hydrogens (tertiary/aromatic N) is 4. The van der Waals surface area contributed by atoms with E-state index in [1.54, 1.807) is 7.05 Å². The van der Waals surface area contributed by atoms with E-state index in [1.165, 1.54) is 4.90 Å². The lowest BCUT2D eigenvalue weighted by molar-refractivity contribution is -0.132. The first-order chi connectivity index (χ1) is 20.2. The van der Waals surface area contributed by atoms with Gasteiger partial charge in [0.2, 0.25) is 11.8 Å². The Hall–Kier alpha value is -4.47. The molecule has 3 aromatic rings. The Morgan fingerprint density at radius 3 is 2.52 bits per heavy atom. The Morgan fingerprint density at radius 1 is 0.976 bits per heavy atom. The molecule has 10 nitrogen and oxygen atoms in total. The highest BCUT2D eigenvalue weighted by Crippen LogP contribution is 2.52. The highest BCUT2D eigenvalue weighted by molar-refractivity contribution is 6.08. The molecule has 5 amide bonds. The van der Waals surface area contributed by atoms with Crippen molar-refractivity contribution < 1.29 is 19.2 Å². The summed E-state index contributed by atoms with van der Waals surface area (Å²) in [6.45, 7) is 2.71. The predicted octanol–water partition coefficient (Wildman–Crippen LogP) is 2.87. The molecule has 2 N–H and O–H groups in total. The van der Waals surface area contributed by atoms with Crippen LogP contribution in [0.1, 0.15) is 48.1 Å². The summed E-state index contributed by atoms with van der Waals surface area (Å²) < 4.78 is 0. The molecule has 1 aliphatic carbocycles. The van der Waals surface area contributed by atoms with Crippen molar-refractivity contribution in [1.82, 2.24) is 20.1 Å². The fraction of sp³-hybridized carbons (Fsp3) is 0.406. The molecule has 1 aromatic heterocycles. The Balaban J connectivity index is 1.10. The van der Waals surface area contributed by atoms with Gasteiger partial charge < -0.3 is 20.0 Å². The molecule has 4 aliphatic heterocycles. The number of hydrogen-bond donors (Lipinski definition) is 2. The number of pyridine rings is 1. The van der Waals surface area contributed by atoms with Crippen LogP contribution in [-0.2, 0) is 39.2 Å². The van der Waals surface area contributed by atoms with Gasteiger partial charge in [0.1, 0.15) is 5.54 Å². The van der Waals surface area contributed by atoms with Crippen LogP contribution in [0.15, 0.2) is 42.5 Å². The lowest BCUT2D eigenvalue weighted by atomic mass is 9.73. The van der Waals surface area contributed by atoms with Crippen molar-refractivity contribution in [2.24, 2.45) is 0 Å². The number of urea groups is 1. The Morgan fingerprint density at radius 2 is 1.76 bits per heavy atom. The van der Waals surface area contributed by atoms with Crippen molar-refractivity contribution >= 4 is 46.0 Å². The Kier molecular flexibility index (Phi) is 5.27. The van der Waals surface area contributed by atoms with Crippen molar-refractivity contribution in [1.29, 1.82) is 0 Å². The topological polar surface area (TPSA) is 115 Å². The molecule has 2 fully saturated rings. The maximum Gasteiger partial charge on any atom is 0.324 e. The van der Waals surface area contributed by atoms with Gasteiger partial charge in [-0.3, -0.25) is 24.7 Å². The number of likely N-dealkylation sites (N-methyl/N-ethyl adjacent to an activating group) is 1. The highest BCUT2D eigenvalue weighted by atomic mass is 16.2. The van der Waals surface area contributed by atoms with Crippen LogP contribution in [0.3, 0.4) is 0 Å². The van der Waals surface area contributed by atoms with Crippen LogP contribution < -0.4 is 15.5 Å². The first-order valence-electron chi connectivity index (χ1n) is 14.7. The fourth-order valence-electron chi connectivity index (χ4n) is 8.01. The van der Waals surface area contributed by atoms with Crippen LogP contribution >= 0.6 is 0 Å². The van der Waals surface area contributed by atoms with Gasteiger partial charge in [-0.15, -0.1) is 0 Å². The van der Waals surface area contributed by atoms with Crippen LogP contribution in [-0.4, -0.2) is 70.8 Å². The summed E-state index contributed by atoms with van der Waals surface area (Å²) in [4.78, 5) is 62.0. The first-order valence-corrected chi connectivity index (χ1v) is 14.7. The number of nitrogens with one attached hydrogen (secondary N) is 2. The molecular formula is C32H32N6O4. The minimum absolute atomic E-state index is 0.0468. The fourth-order valence-corrected chi connectivity index (χ4v) is 8.01. The summed E-state index contributed by atoms with van der Waals surface area (Å²) in [5, 5.41) is 6.49. The number of hydrogen-bond acceptors (Lipinski definition) is 6. The molecular weight excluding hydrogens is 532 g/mol. The number of anilines is 2. The zero-order valence-corrected chi connectivity index (χ0v) is 23.5. The molecule has 0 saturated carbocycles. The maximum absolute atomic E-state index is 13.4. The van der Waals surface area contributed by atoms with E-state index in [1.807, 2.05) is 23.1 Å². The van der Waals surface area contributed by atoms with Crippen LogP contribution in [0.25, 0.3) is 10.9 Å². The molecule has 2 atom stereocenters. The van der Waals surface area contributed by atoms with Crippen molar-refractivity contribution in [2.45, 2.75) is 56.0 Å². The van der Waals surface area contributed by atoms with Gasteiger partial charge in [-0.05, 0) is 54.3 Å². The number of fused-ring (bicyclic) bond motifs is 2. The summed E-state index contributed by atoms with van der Waals surface area (Å²) in [5.74, 6) is -0.161. The van der Waals surface area contributed by atoms with Crippen molar-refractivity contribution in [3.63, 3.8) is 0 Å². The van der Waals surface area contributed by atoms with Crippen molar-refractivity contribution in [3.05, 3.63) is 64.8 Å². The van der Waals surface area contributed by atoms with E-state index in [-0.39, 0.29) is 30.2 Å². The average molecular weight is 565 g/mol. The van der Waals surface area contributed by atoms with Crippen LogP contribution in [0.2, 0.25) is 0 Å². The second-order valence-electron chi connectivity index (χ2n) is 12.6. The lowest BCUT2D eigenvalue weighted by Gasteiger charge is -2.35. The van der Waals surface area contributed by atoms with Crippen molar-refractivity contribution in [2.75, 3.05) is 36.9 Å². The lowest BCUT2D eigenvalue weighted by Crippen LogP contribution is -2.48. The third-order valence-corrected chi connectivity index (χ3v) is 10.1. The largest absolute Gasteiger partial charge is 0.364 e. The smallest absolute Gasteiger partial charge is 0.324 e. The number of aromatic nitrogens is 1. The molecule has 0 radical (unpaired) electrons. The number of imide groups is 1. The number of carbonyl (C=O) groups excluding carboxylic acids is 4. The minimum atomic E-state index is -0.871. The summed E-state index contributed by atoms with van der Waals surface area (Å²) in [6.07, 6.45) is 3.64. The van der Waals surface area contributed by atoms with Gasteiger partial charge in [0.25, 0.3) is 5.91 Å². The average Bonchev–Trinajstić information content (AvgIpc) is 3.72. The number of rotatable bonds is 4. The Bertz CT molecular complexity index is 1730. The van der Waals surface area contributed by atoms with Gasteiger partial charge >= 0.3 is 6.03 Å². The van der Waals surface area contributed by atoms with Crippen LogP contribution in [0.5, 0.6) is 0 Å². The zero-order valence-electron chi connectivity index (χ0n) is 23.5. The molecule has 10 heteroatoms. The van der Waals surface area contributed by atoms with Gasteiger partial charge in [-0.1, -0.05) is 12.1 Å². The van der Waals surface area contributed by atoms with Crippen LogP contribution in [0.4, 0.5) is 16.2 Å². The monoisotopic (exact) mass is 564 g/mol. The Labute approximate surface area is 243 Å². The number of benzene rings is 2. The first kappa shape index (κ1) is 25.3. The van der Waals surface area contributed by atoms with Gasteiger partial charge in [-0.2, -0.15) is 0 Å². The quantitative estimate of drug-likeness (QED) is 0.471. The minimum Gasteiger partial charge on any atom is -0.364 e. The van der Waals surface area contributed by atoms with E-state index >= 15 is 0 Å². The summed E-state index contributed by atoms with van der Waals surface area (Å²) in [5.41, 5.74) is 5.31. The maximum atomic E-state index is 13.4. The summed E-state index contributed by atoms with van der Waals surface area (Å²) in [6, 6.07) is 13.9. The van der Waals surface area contributed by atoms with E-state index in [2.05, 4.69) is 39.8 Å². The standard InChI is InChI=1S/C32H32N6O4/c1-36-30(42)35-29(41)32(36)13-20-11-19-7-8-22(33-24(19)12-21(20)14-32)17-38-18-31(16-27(40)37-9-2-3-10-37)15-26(39)34-23-5-4-6-25(38)28(23)31/h4-8,11-12H,2-3,9-10,13-18H2,1H3,(H,34,39)(H,35,41,42). The van der Waals surface area contributed by atoms with Gasteiger partial charge in [0.15, 0.2) is 0 Å². The molecule has 5 heterocycles. The molecule has 2 saturated heterocycles. The predicted molar refractivity (Wildman–Crippen MR) is 156 cm³/mol. The SMILES string of the molecule is CN1C(=O)NC(=O)C12Cc1cc3ccc(CN4CC5(CC(=O)N6CCCC6)CC(=O)Nc6cccc4c65)nc3cc1C2. The van der Waals surface area contributed by atoms with E-state index in [0.29, 0.717) is 32.4 Å². The molecule has 1 spiro atoms. The van der Waals surface area contributed by atoms with E-state index in [4.69, 9.17) is 4.98 Å². The third kappa shape index (κ3) is 3.60. The second kappa shape index (κ2) is 8.77. The van der Waals surface area contributed by atoms with Crippen molar-refractivity contribution in [3.8, 4) is 0 Å². The molecule has 5 aliphatic rings.